The third kappa shape index (κ3) is 3.18. The van der Waals surface area contributed by atoms with Gasteiger partial charge in [0.1, 0.15) is 6.29 Å². The molecule has 0 bridgehead atoms. The zero-order valence-electron chi connectivity index (χ0n) is 11.6. The Morgan fingerprint density at radius 2 is 2.10 bits per heavy atom. The van der Waals surface area contributed by atoms with Crippen molar-refractivity contribution in [2.45, 2.75) is 44.1 Å². The first-order valence-corrected chi connectivity index (χ1v) is 7.16. The third-order valence-electron chi connectivity index (χ3n) is 4.17. The SMILES string of the molecule is O=CCCC[C@]1(Cc2ccccc2)CCCN1C(=O)O. The molecule has 1 amide bonds. The molecule has 4 heteroatoms. The minimum absolute atomic E-state index is 0.337. The monoisotopic (exact) mass is 275 g/mol. The zero-order valence-corrected chi connectivity index (χ0v) is 11.6. The number of carboxylic acid groups (broad SMARTS) is 1. The molecule has 1 aromatic rings. The number of benzene rings is 1. The van der Waals surface area contributed by atoms with E-state index in [9.17, 15) is 14.7 Å². The first-order valence-electron chi connectivity index (χ1n) is 7.16. The van der Waals surface area contributed by atoms with Crippen LogP contribution in [0.5, 0.6) is 0 Å². The summed E-state index contributed by atoms with van der Waals surface area (Å²) in [6.07, 6.45) is 4.60. The van der Waals surface area contributed by atoms with Crippen molar-refractivity contribution in [3.8, 4) is 0 Å². The van der Waals surface area contributed by atoms with Crippen LogP contribution in [0.25, 0.3) is 0 Å². The normalized spacial score (nSPS) is 21.9. The highest BCUT2D eigenvalue weighted by atomic mass is 16.4. The van der Waals surface area contributed by atoms with Crippen LogP contribution in [0.1, 0.15) is 37.7 Å². The van der Waals surface area contributed by atoms with Crippen molar-refractivity contribution in [3.05, 3.63) is 35.9 Å². The Bertz CT molecular complexity index is 460. The van der Waals surface area contributed by atoms with Crippen molar-refractivity contribution >= 4 is 12.4 Å². The molecule has 20 heavy (non-hydrogen) atoms. The van der Waals surface area contributed by atoms with Crippen LogP contribution in [0, 0.1) is 0 Å². The highest BCUT2D eigenvalue weighted by molar-refractivity contribution is 5.66. The number of carbonyl (C=O) groups is 2. The molecule has 1 aliphatic heterocycles. The lowest BCUT2D eigenvalue weighted by molar-refractivity contribution is -0.108. The molecular formula is C16H21NO3. The molecule has 1 heterocycles. The molecule has 4 nitrogen and oxygen atoms in total. The molecule has 1 aliphatic rings. The van der Waals surface area contributed by atoms with Gasteiger partial charge >= 0.3 is 6.09 Å². The summed E-state index contributed by atoms with van der Waals surface area (Å²) in [5.41, 5.74) is 0.822. The van der Waals surface area contributed by atoms with Crippen LogP contribution < -0.4 is 0 Å². The molecule has 0 aromatic heterocycles. The van der Waals surface area contributed by atoms with E-state index >= 15 is 0 Å². The van der Waals surface area contributed by atoms with E-state index in [0.717, 1.165) is 44.0 Å². The fourth-order valence-corrected chi connectivity index (χ4v) is 3.26. The van der Waals surface area contributed by atoms with Gasteiger partial charge < -0.3 is 14.8 Å². The topological polar surface area (TPSA) is 57.6 Å². The number of carbonyl (C=O) groups excluding carboxylic acids is 1. The van der Waals surface area contributed by atoms with Crippen molar-refractivity contribution in [1.29, 1.82) is 0 Å². The summed E-state index contributed by atoms with van der Waals surface area (Å²) >= 11 is 0. The van der Waals surface area contributed by atoms with Gasteiger partial charge in [0.25, 0.3) is 0 Å². The Labute approximate surface area is 119 Å². The van der Waals surface area contributed by atoms with E-state index in [1.165, 1.54) is 0 Å². The molecule has 0 saturated carbocycles. The second-order valence-electron chi connectivity index (χ2n) is 5.48. The minimum atomic E-state index is -0.843. The van der Waals surface area contributed by atoms with E-state index < -0.39 is 6.09 Å². The lowest BCUT2D eigenvalue weighted by atomic mass is 9.83. The van der Waals surface area contributed by atoms with Gasteiger partial charge in [-0.15, -0.1) is 0 Å². The molecule has 1 N–H and O–H groups in total. The van der Waals surface area contributed by atoms with Gasteiger partial charge in [0, 0.05) is 13.0 Å². The lowest BCUT2D eigenvalue weighted by Gasteiger charge is -2.37. The number of aldehydes is 1. The quantitative estimate of drug-likeness (QED) is 0.641. The van der Waals surface area contributed by atoms with E-state index in [4.69, 9.17) is 0 Å². The van der Waals surface area contributed by atoms with Gasteiger partial charge in [-0.3, -0.25) is 0 Å². The van der Waals surface area contributed by atoms with Gasteiger partial charge in [-0.1, -0.05) is 30.3 Å². The molecule has 1 aromatic carbocycles. The molecule has 0 aliphatic carbocycles. The standard InChI is InChI=1S/C16H21NO3/c18-12-5-4-9-16(10-6-11-17(16)15(19)20)13-14-7-2-1-3-8-14/h1-3,7-8,12H,4-6,9-11,13H2,(H,19,20)/t16-/m1/s1. The average molecular weight is 275 g/mol. The Hall–Kier alpha value is -1.84. The second kappa shape index (κ2) is 6.55. The van der Waals surface area contributed by atoms with Crippen LogP contribution >= 0.6 is 0 Å². The molecule has 1 fully saturated rings. The number of unbranched alkanes of at least 4 members (excludes halogenated alkanes) is 1. The van der Waals surface area contributed by atoms with E-state index in [1.807, 2.05) is 30.3 Å². The summed E-state index contributed by atoms with van der Waals surface area (Å²) in [4.78, 5) is 23.6. The predicted octanol–water partition coefficient (Wildman–Crippen LogP) is 3.11. The Morgan fingerprint density at radius 3 is 2.75 bits per heavy atom. The first-order chi connectivity index (χ1) is 9.68. The van der Waals surface area contributed by atoms with Crippen LogP contribution in [0.15, 0.2) is 30.3 Å². The van der Waals surface area contributed by atoms with Gasteiger partial charge in [0.05, 0.1) is 5.54 Å². The summed E-state index contributed by atoms with van der Waals surface area (Å²) in [7, 11) is 0. The molecule has 0 radical (unpaired) electrons. The van der Waals surface area contributed by atoms with E-state index in [-0.39, 0.29) is 5.54 Å². The van der Waals surface area contributed by atoms with Crippen molar-refractivity contribution in [1.82, 2.24) is 4.90 Å². The van der Waals surface area contributed by atoms with Crippen LogP contribution in [0.2, 0.25) is 0 Å². The third-order valence-corrected chi connectivity index (χ3v) is 4.17. The summed E-state index contributed by atoms with van der Waals surface area (Å²) < 4.78 is 0. The Kier molecular flexibility index (Phi) is 4.77. The minimum Gasteiger partial charge on any atom is -0.465 e. The summed E-state index contributed by atoms with van der Waals surface area (Å²) in [6.45, 7) is 0.600. The fourth-order valence-electron chi connectivity index (χ4n) is 3.26. The molecule has 1 atom stereocenters. The van der Waals surface area contributed by atoms with Crippen molar-refractivity contribution in [3.63, 3.8) is 0 Å². The maximum absolute atomic E-state index is 11.5. The molecule has 108 valence electrons. The maximum atomic E-state index is 11.5. The number of amides is 1. The number of likely N-dealkylation sites (tertiary alicyclic amines) is 1. The highest BCUT2D eigenvalue weighted by Crippen LogP contribution is 2.37. The van der Waals surface area contributed by atoms with Gasteiger partial charge in [0.2, 0.25) is 0 Å². The molecule has 1 saturated heterocycles. The molecule has 0 spiro atoms. The number of hydrogen-bond acceptors (Lipinski definition) is 2. The van der Waals surface area contributed by atoms with E-state index in [1.54, 1.807) is 4.90 Å². The molecule has 2 rings (SSSR count). The van der Waals surface area contributed by atoms with Crippen LogP contribution in [-0.2, 0) is 11.2 Å². The van der Waals surface area contributed by atoms with Gasteiger partial charge in [-0.2, -0.15) is 0 Å². The fraction of sp³-hybridized carbons (Fsp3) is 0.500. The summed E-state index contributed by atoms with van der Waals surface area (Å²) in [5, 5.41) is 9.44. The van der Waals surface area contributed by atoms with Crippen molar-refractivity contribution < 1.29 is 14.7 Å². The smallest absolute Gasteiger partial charge is 0.407 e. The molecule has 0 unspecified atom stereocenters. The maximum Gasteiger partial charge on any atom is 0.407 e. The van der Waals surface area contributed by atoms with Crippen LogP contribution in [0.4, 0.5) is 4.79 Å². The highest BCUT2D eigenvalue weighted by Gasteiger charge is 2.43. The van der Waals surface area contributed by atoms with Crippen molar-refractivity contribution in [2.75, 3.05) is 6.54 Å². The van der Waals surface area contributed by atoms with Gasteiger partial charge in [-0.25, -0.2) is 4.79 Å². The number of hydrogen-bond donors (Lipinski definition) is 1. The summed E-state index contributed by atoms with van der Waals surface area (Å²) in [6, 6.07) is 10.0. The van der Waals surface area contributed by atoms with Gasteiger partial charge in [0.15, 0.2) is 0 Å². The Balaban J connectivity index is 2.19. The average Bonchev–Trinajstić information content (AvgIpc) is 2.84. The lowest BCUT2D eigenvalue weighted by Crippen LogP contribution is -2.48. The molecular weight excluding hydrogens is 254 g/mol. The zero-order chi connectivity index (χ0) is 14.4. The summed E-state index contributed by atoms with van der Waals surface area (Å²) in [5.74, 6) is 0. The predicted molar refractivity (Wildman–Crippen MR) is 76.8 cm³/mol. The number of rotatable bonds is 6. The largest absolute Gasteiger partial charge is 0.465 e. The Morgan fingerprint density at radius 1 is 1.35 bits per heavy atom. The van der Waals surface area contributed by atoms with Crippen molar-refractivity contribution in [2.24, 2.45) is 0 Å². The van der Waals surface area contributed by atoms with Crippen LogP contribution in [0.3, 0.4) is 0 Å². The van der Waals surface area contributed by atoms with E-state index in [2.05, 4.69) is 0 Å². The second-order valence-corrected chi connectivity index (χ2v) is 5.48. The first kappa shape index (κ1) is 14.6. The number of nitrogens with zero attached hydrogens (tertiary/aromatic N) is 1. The van der Waals surface area contributed by atoms with Crippen LogP contribution in [-0.4, -0.2) is 34.5 Å². The van der Waals surface area contributed by atoms with Gasteiger partial charge in [-0.05, 0) is 37.7 Å². The van der Waals surface area contributed by atoms with E-state index in [0.29, 0.717) is 13.0 Å².